The monoisotopic (exact) mass is 478 g/mol. The van der Waals surface area contributed by atoms with Gasteiger partial charge in [0, 0.05) is 29.1 Å². The summed E-state index contributed by atoms with van der Waals surface area (Å²) in [6.45, 7) is 8.57. The molecule has 0 N–H and O–H groups in total. The summed E-state index contributed by atoms with van der Waals surface area (Å²) in [4.78, 5) is 30.8. The van der Waals surface area contributed by atoms with Gasteiger partial charge in [0.1, 0.15) is 25.5 Å². The SMILES string of the molecule is COCC(=O)N(CC(=O)N1CCc2sccc2[C@H]1COc1ccc(Cl)c(C)c1)C(C)(C)C. The van der Waals surface area contributed by atoms with Gasteiger partial charge in [-0.25, -0.2) is 0 Å². The largest absolute Gasteiger partial charge is 0.491 e. The lowest BCUT2D eigenvalue weighted by Gasteiger charge is -2.40. The summed E-state index contributed by atoms with van der Waals surface area (Å²) in [5.74, 6) is 0.418. The summed E-state index contributed by atoms with van der Waals surface area (Å²) in [6, 6.07) is 7.40. The summed E-state index contributed by atoms with van der Waals surface area (Å²) >= 11 is 7.84. The van der Waals surface area contributed by atoms with Crippen molar-refractivity contribution in [2.75, 3.05) is 33.4 Å². The van der Waals surface area contributed by atoms with Crippen molar-refractivity contribution in [3.8, 4) is 5.75 Å². The molecule has 6 nitrogen and oxygen atoms in total. The number of halogens is 1. The van der Waals surface area contributed by atoms with Crippen LogP contribution in [-0.4, -0.2) is 60.6 Å². The van der Waals surface area contributed by atoms with Crippen LogP contribution in [0.25, 0.3) is 0 Å². The molecule has 0 unspecified atom stereocenters. The number of aryl methyl sites for hydroxylation is 1. The minimum absolute atomic E-state index is 0.00170. The zero-order chi connectivity index (χ0) is 23.5. The molecule has 8 heteroatoms. The van der Waals surface area contributed by atoms with Gasteiger partial charge in [-0.2, -0.15) is 0 Å². The highest BCUT2D eigenvalue weighted by atomic mass is 35.5. The van der Waals surface area contributed by atoms with E-state index in [2.05, 4.69) is 11.4 Å². The molecule has 0 spiro atoms. The number of amides is 2. The molecule has 2 heterocycles. The Morgan fingerprint density at radius 3 is 2.69 bits per heavy atom. The van der Waals surface area contributed by atoms with E-state index in [1.54, 1.807) is 16.2 Å². The van der Waals surface area contributed by atoms with E-state index in [4.69, 9.17) is 21.1 Å². The zero-order valence-corrected chi connectivity index (χ0v) is 20.9. The van der Waals surface area contributed by atoms with Crippen molar-refractivity contribution < 1.29 is 19.1 Å². The first-order chi connectivity index (χ1) is 15.1. The molecule has 0 radical (unpaired) electrons. The first-order valence-corrected chi connectivity index (χ1v) is 11.9. The van der Waals surface area contributed by atoms with Gasteiger partial charge in [-0.15, -0.1) is 11.3 Å². The van der Waals surface area contributed by atoms with Gasteiger partial charge in [0.2, 0.25) is 11.8 Å². The minimum atomic E-state index is -0.499. The third kappa shape index (κ3) is 5.63. The first-order valence-electron chi connectivity index (χ1n) is 10.7. The molecule has 1 aliphatic rings. The lowest BCUT2D eigenvalue weighted by atomic mass is 10.00. The first kappa shape index (κ1) is 24.6. The van der Waals surface area contributed by atoms with Crippen molar-refractivity contribution in [2.45, 2.75) is 45.7 Å². The number of carbonyl (C=O) groups is 2. The maximum absolute atomic E-state index is 13.4. The van der Waals surface area contributed by atoms with Crippen molar-refractivity contribution >= 4 is 34.8 Å². The smallest absolute Gasteiger partial charge is 0.249 e. The highest BCUT2D eigenvalue weighted by molar-refractivity contribution is 7.10. The predicted molar refractivity (Wildman–Crippen MR) is 128 cm³/mol. The quantitative estimate of drug-likeness (QED) is 0.588. The van der Waals surface area contributed by atoms with Gasteiger partial charge in [0.25, 0.3) is 0 Å². The molecule has 0 saturated heterocycles. The molecule has 0 fully saturated rings. The molecular formula is C24H31ClN2O4S. The second-order valence-corrected chi connectivity index (χ2v) is 10.4. The number of ether oxygens (including phenoxy) is 2. The van der Waals surface area contributed by atoms with E-state index in [1.807, 2.05) is 50.8 Å². The molecule has 2 amide bonds. The van der Waals surface area contributed by atoms with Crippen LogP contribution in [-0.2, 0) is 20.7 Å². The number of carbonyl (C=O) groups excluding carboxylic acids is 2. The van der Waals surface area contributed by atoms with Crippen molar-refractivity contribution in [2.24, 2.45) is 0 Å². The molecule has 0 aliphatic carbocycles. The lowest BCUT2D eigenvalue weighted by molar-refractivity contribution is -0.148. The summed E-state index contributed by atoms with van der Waals surface area (Å²) in [5.41, 5.74) is 1.56. The molecular weight excluding hydrogens is 448 g/mol. The van der Waals surface area contributed by atoms with Crippen LogP contribution >= 0.6 is 22.9 Å². The Bertz CT molecular complexity index is 969. The van der Waals surface area contributed by atoms with Gasteiger partial charge in [-0.3, -0.25) is 9.59 Å². The molecule has 174 valence electrons. The Morgan fingerprint density at radius 1 is 1.28 bits per heavy atom. The molecule has 0 bridgehead atoms. The van der Waals surface area contributed by atoms with Crippen molar-refractivity contribution in [1.29, 1.82) is 0 Å². The Balaban J connectivity index is 1.80. The number of methoxy groups -OCH3 is 1. The zero-order valence-electron chi connectivity index (χ0n) is 19.3. The summed E-state index contributed by atoms with van der Waals surface area (Å²) in [5, 5.41) is 2.75. The number of rotatable bonds is 7. The molecule has 3 rings (SSSR count). The molecule has 0 saturated carbocycles. The van der Waals surface area contributed by atoms with Crippen molar-refractivity contribution in [3.63, 3.8) is 0 Å². The van der Waals surface area contributed by atoms with E-state index >= 15 is 0 Å². The number of fused-ring (bicyclic) bond motifs is 1. The maximum atomic E-state index is 13.4. The second kappa shape index (κ2) is 10.2. The second-order valence-electron chi connectivity index (χ2n) is 8.96. The Morgan fingerprint density at radius 2 is 2.03 bits per heavy atom. The van der Waals surface area contributed by atoms with Crippen LogP contribution < -0.4 is 4.74 Å². The predicted octanol–water partition coefficient (Wildman–Crippen LogP) is 4.49. The fourth-order valence-corrected chi connectivity index (χ4v) is 4.93. The van der Waals surface area contributed by atoms with Crippen LogP contribution in [0, 0.1) is 6.92 Å². The van der Waals surface area contributed by atoms with Crippen LogP contribution in [0.1, 0.15) is 42.8 Å². The number of thiophene rings is 1. The van der Waals surface area contributed by atoms with E-state index in [9.17, 15) is 9.59 Å². The van der Waals surface area contributed by atoms with Crippen molar-refractivity contribution in [1.82, 2.24) is 9.80 Å². The van der Waals surface area contributed by atoms with E-state index in [0.29, 0.717) is 23.9 Å². The number of hydrogen-bond acceptors (Lipinski definition) is 5. The third-order valence-electron chi connectivity index (χ3n) is 5.62. The minimum Gasteiger partial charge on any atom is -0.491 e. The highest BCUT2D eigenvalue weighted by Crippen LogP contribution is 2.34. The molecule has 1 aromatic carbocycles. The molecule has 1 aromatic heterocycles. The van der Waals surface area contributed by atoms with Crippen molar-refractivity contribution in [3.05, 3.63) is 50.7 Å². The van der Waals surface area contributed by atoms with Crippen LogP contribution in [0.2, 0.25) is 5.02 Å². The fraction of sp³-hybridized carbons (Fsp3) is 0.500. The van der Waals surface area contributed by atoms with Gasteiger partial charge in [0.05, 0.1) is 6.04 Å². The summed E-state index contributed by atoms with van der Waals surface area (Å²) in [6.07, 6.45) is 0.802. The normalized spacial score (nSPS) is 15.9. The van der Waals surface area contributed by atoms with Crippen LogP contribution in [0.4, 0.5) is 0 Å². The Labute approximate surface area is 199 Å². The molecule has 32 heavy (non-hydrogen) atoms. The average Bonchev–Trinajstić information content (AvgIpc) is 3.20. The maximum Gasteiger partial charge on any atom is 0.249 e. The van der Waals surface area contributed by atoms with Gasteiger partial charge in [-0.1, -0.05) is 11.6 Å². The van der Waals surface area contributed by atoms with Crippen LogP contribution in [0.3, 0.4) is 0 Å². The van der Waals surface area contributed by atoms with Gasteiger partial charge in [0.15, 0.2) is 0 Å². The highest BCUT2D eigenvalue weighted by Gasteiger charge is 2.35. The average molecular weight is 479 g/mol. The number of nitrogens with zero attached hydrogens (tertiary/aromatic N) is 2. The van der Waals surface area contributed by atoms with E-state index in [0.717, 1.165) is 17.5 Å². The van der Waals surface area contributed by atoms with E-state index in [1.165, 1.54) is 12.0 Å². The molecule has 2 aromatic rings. The summed E-state index contributed by atoms with van der Waals surface area (Å²) < 4.78 is 11.1. The number of benzene rings is 1. The Kier molecular flexibility index (Phi) is 7.85. The molecule has 1 atom stereocenters. The Hall–Kier alpha value is -2.09. The lowest BCUT2D eigenvalue weighted by Crippen LogP contribution is -2.53. The number of hydrogen-bond donors (Lipinski definition) is 0. The summed E-state index contributed by atoms with van der Waals surface area (Å²) in [7, 11) is 1.48. The van der Waals surface area contributed by atoms with Crippen LogP contribution in [0.5, 0.6) is 5.75 Å². The van der Waals surface area contributed by atoms with E-state index in [-0.39, 0.29) is 31.0 Å². The topological polar surface area (TPSA) is 59.1 Å². The van der Waals surface area contributed by atoms with Crippen LogP contribution in [0.15, 0.2) is 29.6 Å². The fourth-order valence-electron chi connectivity index (χ4n) is 3.88. The van der Waals surface area contributed by atoms with Gasteiger partial charge >= 0.3 is 0 Å². The molecule has 1 aliphatic heterocycles. The van der Waals surface area contributed by atoms with E-state index < -0.39 is 5.54 Å². The standard InChI is InChI=1S/C24H31ClN2O4S/c1-16-12-17(6-7-19(16)25)31-14-20-18-9-11-32-21(18)8-10-26(20)22(28)13-27(24(2,3)4)23(29)15-30-5/h6-7,9,11-12,20H,8,10,13-15H2,1-5H3/t20-/m1/s1. The van der Waals surface area contributed by atoms with Gasteiger partial charge < -0.3 is 19.3 Å². The van der Waals surface area contributed by atoms with Gasteiger partial charge in [-0.05, 0) is 74.9 Å². The third-order valence-corrected chi connectivity index (χ3v) is 7.05.